The molecule has 3 aromatic rings. The second-order valence-corrected chi connectivity index (χ2v) is 13.2. The Bertz CT molecular complexity index is 1850. The van der Waals surface area contributed by atoms with Crippen LogP contribution in [0, 0.1) is 34.9 Å². The second kappa shape index (κ2) is 11.2. The van der Waals surface area contributed by atoms with E-state index < -0.39 is 52.6 Å². The van der Waals surface area contributed by atoms with E-state index in [1.165, 1.54) is 43.4 Å². The van der Waals surface area contributed by atoms with Gasteiger partial charge in [-0.15, -0.1) is 0 Å². The summed E-state index contributed by atoms with van der Waals surface area (Å²) in [7, 11) is 2.86. The summed E-state index contributed by atoms with van der Waals surface area (Å²) in [5.74, 6) is -5.68. The van der Waals surface area contributed by atoms with Gasteiger partial charge in [0, 0.05) is 23.6 Å². The maximum absolute atomic E-state index is 14.7. The third-order valence-electron chi connectivity index (χ3n) is 10.5. The van der Waals surface area contributed by atoms with Crippen molar-refractivity contribution in [2.45, 2.75) is 32.2 Å². The number of carbonyl (C=O) groups excluding carboxylic acids is 4. The zero-order valence-corrected chi connectivity index (χ0v) is 26.7. The normalized spacial score (nSPS) is 28.2. The number of nitrogens with zero attached hydrogens (tertiary/aromatic N) is 2. The van der Waals surface area contributed by atoms with E-state index in [2.05, 4.69) is 0 Å². The fourth-order valence-electron chi connectivity index (χ4n) is 8.39. The fourth-order valence-corrected chi connectivity index (χ4v) is 8.56. The fraction of sp³-hybridized carbons (Fsp3) is 0.333. The first-order valence-electron chi connectivity index (χ1n) is 15.4. The number of likely N-dealkylation sites (tertiary alicyclic amines) is 1. The lowest BCUT2D eigenvalue weighted by Gasteiger charge is -2.49. The van der Waals surface area contributed by atoms with Gasteiger partial charge in [0.2, 0.25) is 23.6 Å². The van der Waals surface area contributed by atoms with E-state index in [1.54, 1.807) is 6.92 Å². The highest BCUT2D eigenvalue weighted by Gasteiger charge is 2.68. The predicted molar refractivity (Wildman–Crippen MR) is 169 cm³/mol. The maximum Gasteiger partial charge on any atom is 0.241 e. The number of ether oxygens (including phenoxy) is 2. The Morgan fingerprint density at radius 1 is 0.936 bits per heavy atom. The lowest BCUT2D eigenvalue weighted by molar-refractivity contribution is -0.141. The highest BCUT2D eigenvalue weighted by Crippen LogP contribution is 2.65. The largest absolute Gasteiger partial charge is 0.508 e. The highest BCUT2D eigenvalue weighted by molar-refractivity contribution is 6.31. The van der Waals surface area contributed by atoms with E-state index in [4.69, 9.17) is 21.1 Å². The van der Waals surface area contributed by atoms with Crippen LogP contribution in [-0.2, 0) is 25.7 Å². The summed E-state index contributed by atoms with van der Waals surface area (Å²) < 4.78 is 25.6. The molecule has 9 nitrogen and oxygen atoms in total. The molecule has 47 heavy (non-hydrogen) atoms. The van der Waals surface area contributed by atoms with Crippen LogP contribution < -0.4 is 14.4 Å². The van der Waals surface area contributed by atoms with Gasteiger partial charge in [-0.05, 0) is 49.4 Å². The number of hydrogen-bond acceptors (Lipinski definition) is 7. The molecule has 6 atom stereocenters. The van der Waals surface area contributed by atoms with Crippen molar-refractivity contribution in [3.63, 3.8) is 0 Å². The molecule has 2 aliphatic heterocycles. The molecule has 0 aromatic heterocycles. The van der Waals surface area contributed by atoms with E-state index in [0.717, 1.165) is 22.1 Å². The topological polar surface area (TPSA) is 113 Å². The van der Waals surface area contributed by atoms with Gasteiger partial charge in [0.15, 0.2) is 0 Å². The van der Waals surface area contributed by atoms with Gasteiger partial charge in [0.05, 0.1) is 54.6 Å². The number of rotatable bonds is 6. The Hall–Kier alpha value is -4.70. The minimum absolute atomic E-state index is 0.126. The van der Waals surface area contributed by atoms with Crippen LogP contribution in [0.2, 0.25) is 5.02 Å². The summed E-state index contributed by atoms with van der Waals surface area (Å²) in [6, 6.07) is 15.8. The number of allylic oxidation sites excluding steroid dienone is 2. The number of halogens is 2. The van der Waals surface area contributed by atoms with Crippen LogP contribution >= 0.6 is 11.6 Å². The van der Waals surface area contributed by atoms with Crippen molar-refractivity contribution in [2.24, 2.45) is 29.1 Å². The summed E-state index contributed by atoms with van der Waals surface area (Å²) >= 11 is 6.09. The van der Waals surface area contributed by atoms with E-state index in [0.29, 0.717) is 5.56 Å². The van der Waals surface area contributed by atoms with Gasteiger partial charge in [-0.25, -0.2) is 9.29 Å². The van der Waals surface area contributed by atoms with E-state index in [-0.39, 0.29) is 59.2 Å². The number of imide groups is 2. The molecule has 7 rings (SSSR count). The Balaban J connectivity index is 1.39. The van der Waals surface area contributed by atoms with Crippen molar-refractivity contribution >= 4 is 40.9 Å². The van der Waals surface area contributed by atoms with Crippen LogP contribution in [0.15, 0.2) is 72.3 Å². The average Bonchev–Trinajstić information content (AvgIpc) is 3.42. The summed E-state index contributed by atoms with van der Waals surface area (Å²) in [6.45, 7) is 1.85. The summed E-state index contributed by atoms with van der Waals surface area (Å²) in [5, 5.41) is 10.3. The van der Waals surface area contributed by atoms with Crippen molar-refractivity contribution in [2.75, 3.05) is 19.1 Å². The second-order valence-electron chi connectivity index (χ2n) is 12.8. The molecule has 3 fully saturated rings. The van der Waals surface area contributed by atoms with Crippen molar-refractivity contribution in [3.05, 3.63) is 94.3 Å². The molecule has 4 amide bonds. The number of anilines is 1. The number of methoxy groups -OCH3 is 2. The first-order valence-corrected chi connectivity index (χ1v) is 15.8. The zero-order valence-electron chi connectivity index (χ0n) is 25.9. The number of benzene rings is 3. The first-order chi connectivity index (χ1) is 22.5. The molecule has 2 saturated heterocycles. The van der Waals surface area contributed by atoms with Crippen LogP contribution in [0.3, 0.4) is 0 Å². The number of amides is 4. The van der Waals surface area contributed by atoms with Gasteiger partial charge in [-0.2, -0.15) is 0 Å². The van der Waals surface area contributed by atoms with Gasteiger partial charge < -0.3 is 14.6 Å². The Kier molecular flexibility index (Phi) is 7.39. The molecule has 2 aliphatic carbocycles. The van der Waals surface area contributed by atoms with E-state index in [9.17, 15) is 28.7 Å². The number of phenols is 1. The number of aromatic hydroxyl groups is 1. The lowest BCUT2D eigenvalue weighted by atomic mass is 9.51. The number of phenolic OH excluding ortho intramolecular Hbond substituents is 1. The molecular weight excluding hydrogens is 627 g/mol. The van der Waals surface area contributed by atoms with Crippen molar-refractivity contribution in [1.29, 1.82) is 0 Å². The van der Waals surface area contributed by atoms with Crippen LogP contribution in [-0.4, -0.2) is 47.9 Å². The van der Waals surface area contributed by atoms with Gasteiger partial charge in [-0.3, -0.25) is 24.1 Å². The summed E-state index contributed by atoms with van der Waals surface area (Å²) in [6.07, 6.45) is 2.33. The van der Waals surface area contributed by atoms with Crippen LogP contribution in [0.5, 0.6) is 17.2 Å². The third kappa shape index (κ3) is 4.48. The van der Waals surface area contributed by atoms with Crippen molar-refractivity contribution in [3.8, 4) is 17.2 Å². The first kappa shape index (κ1) is 30.9. The Morgan fingerprint density at radius 2 is 1.62 bits per heavy atom. The smallest absolute Gasteiger partial charge is 0.241 e. The van der Waals surface area contributed by atoms with Crippen LogP contribution in [0.25, 0.3) is 0 Å². The molecule has 0 radical (unpaired) electrons. The highest BCUT2D eigenvalue weighted by atomic mass is 35.5. The van der Waals surface area contributed by atoms with Gasteiger partial charge in [-0.1, -0.05) is 53.6 Å². The Labute approximate surface area is 275 Å². The standard InChI is InChI=1S/C36H32ClFN2O7/c1-36-24(33(43)40(35(36)45)19-9-12-26(38)25(37)13-19)16-23-21(31(36)30-27(46-2)14-20(41)15-28(30)47-3)10-11-22-29(23)34(44)39(32(22)42)17-18-7-5-4-6-8-18/h4-10,12-15,22-24,29,31,41H,11,16-17H2,1-3H3/t22-,23+,24-,29-,31+,36+/m0/s1. The van der Waals surface area contributed by atoms with Crippen molar-refractivity contribution < 1.29 is 38.1 Å². The SMILES string of the molecule is COc1cc(O)cc(OC)c1[C@H]1C2=CC[C@@H]3C(=O)N(Cc4ccccc4)C(=O)[C@@H]3[C@@H]2C[C@H]2C(=O)N(c3ccc(F)c(Cl)c3)C(=O)[C@@]12C. The number of carbonyl (C=O) groups is 4. The molecule has 1 saturated carbocycles. The minimum Gasteiger partial charge on any atom is -0.508 e. The van der Waals surface area contributed by atoms with Crippen LogP contribution in [0.4, 0.5) is 10.1 Å². The molecule has 1 N–H and O–H groups in total. The third-order valence-corrected chi connectivity index (χ3v) is 10.8. The van der Waals surface area contributed by atoms with E-state index in [1.807, 2.05) is 36.4 Å². The molecule has 0 spiro atoms. The van der Waals surface area contributed by atoms with Crippen LogP contribution in [0.1, 0.15) is 36.8 Å². The van der Waals surface area contributed by atoms with Gasteiger partial charge in [0.25, 0.3) is 0 Å². The quantitative estimate of drug-likeness (QED) is 0.270. The molecule has 242 valence electrons. The Morgan fingerprint density at radius 3 is 2.26 bits per heavy atom. The summed E-state index contributed by atoms with van der Waals surface area (Å²) in [4.78, 5) is 59.4. The monoisotopic (exact) mass is 658 g/mol. The molecule has 3 aromatic carbocycles. The van der Waals surface area contributed by atoms with E-state index >= 15 is 0 Å². The molecule has 4 aliphatic rings. The zero-order chi connectivity index (χ0) is 33.4. The molecule has 0 unspecified atom stereocenters. The number of hydrogen-bond donors (Lipinski definition) is 1. The number of fused-ring (bicyclic) bond motifs is 4. The minimum atomic E-state index is -1.42. The molecule has 0 bridgehead atoms. The summed E-state index contributed by atoms with van der Waals surface area (Å²) in [5.41, 5.74) is 0.697. The predicted octanol–water partition coefficient (Wildman–Crippen LogP) is 5.63. The van der Waals surface area contributed by atoms with Gasteiger partial charge in [0.1, 0.15) is 23.1 Å². The molecule has 2 heterocycles. The molecular formula is C36H32ClFN2O7. The maximum atomic E-state index is 14.7. The van der Waals surface area contributed by atoms with Gasteiger partial charge >= 0.3 is 0 Å². The molecule has 11 heteroatoms. The average molecular weight is 659 g/mol. The lowest BCUT2D eigenvalue weighted by Crippen LogP contribution is -2.49. The van der Waals surface area contributed by atoms with Crippen molar-refractivity contribution in [1.82, 2.24) is 4.90 Å².